The molecule has 4 heteroatoms. The average molecular weight is 276 g/mol. The molecule has 2 rings (SSSR count). The molecule has 2 atom stereocenters. The summed E-state index contributed by atoms with van der Waals surface area (Å²) in [6.07, 6.45) is 7.09. The van der Waals surface area contributed by atoms with Crippen molar-refractivity contribution < 1.29 is 0 Å². The summed E-state index contributed by atoms with van der Waals surface area (Å²) < 4.78 is 0. The van der Waals surface area contributed by atoms with Crippen molar-refractivity contribution in [3.63, 3.8) is 0 Å². The first-order valence-corrected chi connectivity index (χ1v) is 7.88. The third kappa shape index (κ3) is 3.62. The SMILES string of the molecule is CNc1ncnc(NCC2CCCC(C)C2)c1C(C)C. The second kappa shape index (κ2) is 6.91. The van der Waals surface area contributed by atoms with Gasteiger partial charge in [0.15, 0.2) is 0 Å². The smallest absolute Gasteiger partial charge is 0.134 e. The molecule has 0 radical (unpaired) electrons. The van der Waals surface area contributed by atoms with Crippen LogP contribution in [0.25, 0.3) is 0 Å². The highest BCUT2D eigenvalue weighted by atomic mass is 15.1. The molecule has 0 aliphatic heterocycles. The van der Waals surface area contributed by atoms with Crippen molar-refractivity contribution in [1.29, 1.82) is 0 Å². The van der Waals surface area contributed by atoms with E-state index in [9.17, 15) is 0 Å². The fraction of sp³-hybridized carbons (Fsp3) is 0.750. The summed E-state index contributed by atoms with van der Waals surface area (Å²) >= 11 is 0. The summed E-state index contributed by atoms with van der Waals surface area (Å²) in [7, 11) is 1.92. The van der Waals surface area contributed by atoms with Crippen LogP contribution >= 0.6 is 0 Å². The van der Waals surface area contributed by atoms with E-state index in [1.54, 1.807) is 6.33 Å². The van der Waals surface area contributed by atoms with Crippen LogP contribution in [-0.2, 0) is 0 Å². The molecule has 1 aliphatic carbocycles. The van der Waals surface area contributed by atoms with E-state index in [0.29, 0.717) is 5.92 Å². The Bertz CT molecular complexity index is 430. The summed E-state index contributed by atoms with van der Waals surface area (Å²) in [5.41, 5.74) is 1.19. The molecule has 0 saturated heterocycles. The van der Waals surface area contributed by atoms with Gasteiger partial charge in [-0.3, -0.25) is 0 Å². The number of hydrogen-bond donors (Lipinski definition) is 2. The highest BCUT2D eigenvalue weighted by Crippen LogP contribution is 2.31. The lowest BCUT2D eigenvalue weighted by Crippen LogP contribution is -2.22. The Kier molecular flexibility index (Phi) is 5.21. The van der Waals surface area contributed by atoms with Gasteiger partial charge in [0.1, 0.15) is 18.0 Å². The highest BCUT2D eigenvalue weighted by Gasteiger charge is 2.20. The van der Waals surface area contributed by atoms with Crippen LogP contribution in [0.15, 0.2) is 6.33 Å². The number of hydrogen-bond acceptors (Lipinski definition) is 4. The van der Waals surface area contributed by atoms with Gasteiger partial charge in [-0.05, 0) is 30.6 Å². The van der Waals surface area contributed by atoms with Gasteiger partial charge in [0.2, 0.25) is 0 Å². The van der Waals surface area contributed by atoms with Gasteiger partial charge in [-0.15, -0.1) is 0 Å². The maximum absolute atomic E-state index is 4.45. The predicted octanol–water partition coefficient (Wildman–Crippen LogP) is 3.88. The second-order valence-electron chi connectivity index (χ2n) is 6.41. The molecule has 2 unspecified atom stereocenters. The first kappa shape index (κ1) is 15.1. The van der Waals surface area contributed by atoms with Crippen molar-refractivity contribution in [2.45, 2.75) is 52.4 Å². The van der Waals surface area contributed by atoms with Crippen LogP contribution < -0.4 is 10.6 Å². The van der Waals surface area contributed by atoms with E-state index in [-0.39, 0.29) is 0 Å². The van der Waals surface area contributed by atoms with Crippen LogP contribution in [0.1, 0.15) is 57.9 Å². The molecule has 20 heavy (non-hydrogen) atoms. The molecule has 0 amide bonds. The number of aromatic nitrogens is 2. The lowest BCUT2D eigenvalue weighted by Gasteiger charge is -2.27. The van der Waals surface area contributed by atoms with Crippen molar-refractivity contribution >= 4 is 11.6 Å². The zero-order chi connectivity index (χ0) is 14.5. The molecule has 1 saturated carbocycles. The van der Waals surface area contributed by atoms with E-state index in [1.807, 2.05) is 7.05 Å². The summed E-state index contributed by atoms with van der Waals surface area (Å²) in [6, 6.07) is 0. The zero-order valence-electron chi connectivity index (χ0n) is 13.2. The van der Waals surface area contributed by atoms with Crippen LogP contribution in [0, 0.1) is 11.8 Å². The number of anilines is 2. The van der Waals surface area contributed by atoms with Crippen LogP contribution in [0.5, 0.6) is 0 Å². The Labute approximate surface area is 122 Å². The van der Waals surface area contributed by atoms with Crippen molar-refractivity contribution in [1.82, 2.24) is 9.97 Å². The minimum Gasteiger partial charge on any atom is -0.373 e. The molecule has 1 aromatic rings. The minimum atomic E-state index is 0.409. The first-order chi connectivity index (χ1) is 9.61. The lowest BCUT2D eigenvalue weighted by molar-refractivity contribution is 0.293. The Balaban J connectivity index is 2.05. The molecule has 1 aliphatic rings. The highest BCUT2D eigenvalue weighted by molar-refractivity contribution is 5.58. The Morgan fingerprint density at radius 2 is 2.00 bits per heavy atom. The van der Waals surface area contributed by atoms with Gasteiger partial charge in [-0.25, -0.2) is 9.97 Å². The molecular weight excluding hydrogens is 248 g/mol. The molecule has 1 fully saturated rings. The van der Waals surface area contributed by atoms with Gasteiger partial charge < -0.3 is 10.6 Å². The summed E-state index contributed by atoms with van der Waals surface area (Å²) in [5, 5.41) is 6.74. The van der Waals surface area contributed by atoms with Crippen LogP contribution in [0.4, 0.5) is 11.6 Å². The third-order valence-electron chi connectivity index (χ3n) is 4.30. The molecule has 4 nitrogen and oxygen atoms in total. The number of nitrogens with zero attached hydrogens (tertiary/aromatic N) is 2. The maximum atomic E-state index is 4.45. The van der Waals surface area contributed by atoms with E-state index in [1.165, 1.54) is 31.2 Å². The van der Waals surface area contributed by atoms with Gasteiger partial charge in [0.05, 0.1) is 0 Å². The molecule has 0 aromatic carbocycles. The van der Waals surface area contributed by atoms with Gasteiger partial charge in [0, 0.05) is 19.2 Å². The fourth-order valence-electron chi connectivity index (χ4n) is 3.27. The van der Waals surface area contributed by atoms with Gasteiger partial charge in [-0.1, -0.05) is 33.6 Å². The summed E-state index contributed by atoms with van der Waals surface area (Å²) in [6.45, 7) is 7.78. The molecule has 0 spiro atoms. The zero-order valence-corrected chi connectivity index (χ0v) is 13.2. The lowest BCUT2D eigenvalue weighted by atomic mass is 9.82. The van der Waals surface area contributed by atoms with Crippen molar-refractivity contribution in [2.75, 3.05) is 24.2 Å². The molecule has 1 aromatic heterocycles. The predicted molar refractivity (Wildman–Crippen MR) is 85.3 cm³/mol. The number of nitrogens with one attached hydrogen (secondary N) is 2. The van der Waals surface area contributed by atoms with Gasteiger partial charge in [0.25, 0.3) is 0 Å². The van der Waals surface area contributed by atoms with Crippen LogP contribution in [0.2, 0.25) is 0 Å². The van der Waals surface area contributed by atoms with E-state index < -0.39 is 0 Å². The normalized spacial score (nSPS) is 22.9. The minimum absolute atomic E-state index is 0.409. The average Bonchev–Trinajstić information content (AvgIpc) is 2.44. The number of rotatable bonds is 5. The van der Waals surface area contributed by atoms with E-state index in [2.05, 4.69) is 41.4 Å². The van der Waals surface area contributed by atoms with Crippen LogP contribution in [0.3, 0.4) is 0 Å². The van der Waals surface area contributed by atoms with Crippen molar-refractivity contribution in [3.8, 4) is 0 Å². The van der Waals surface area contributed by atoms with E-state index in [0.717, 1.165) is 30.0 Å². The van der Waals surface area contributed by atoms with Gasteiger partial charge in [-0.2, -0.15) is 0 Å². The second-order valence-corrected chi connectivity index (χ2v) is 6.41. The van der Waals surface area contributed by atoms with Gasteiger partial charge >= 0.3 is 0 Å². The molecule has 2 N–H and O–H groups in total. The van der Waals surface area contributed by atoms with Crippen molar-refractivity contribution in [2.24, 2.45) is 11.8 Å². The Morgan fingerprint density at radius 3 is 2.65 bits per heavy atom. The maximum Gasteiger partial charge on any atom is 0.134 e. The van der Waals surface area contributed by atoms with Crippen LogP contribution in [-0.4, -0.2) is 23.6 Å². The summed E-state index contributed by atoms with van der Waals surface area (Å²) in [4.78, 5) is 8.77. The Morgan fingerprint density at radius 1 is 1.25 bits per heavy atom. The largest absolute Gasteiger partial charge is 0.373 e. The topological polar surface area (TPSA) is 49.8 Å². The summed E-state index contributed by atoms with van der Waals surface area (Å²) in [5.74, 6) is 4.00. The third-order valence-corrected chi connectivity index (χ3v) is 4.30. The van der Waals surface area contributed by atoms with E-state index in [4.69, 9.17) is 0 Å². The molecule has 1 heterocycles. The molecule has 112 valence electrons. The monoisotopic (exact) mass is 276 g/mol. The first-order valence-electron chi connectivity index (χ1n) is 7.88. The molecular formula is C16H28N4. The van der Waals surface area contributed by atoms with E-state index >= 15 is 0 Å². The fourth-order valence-corrected chi connectivity index (χ4v) is 3.27. The molecule has 0 bridgehead atoms. The Hall–Kier alpha value is -1.32. The van der Waals surface area contributed by atoms with Crippen molar-refractivity contribution in [3.05, 3.63) is 11.9 Å². The quantitative estimate of drug-likeness (QED) is 0.857. The standard InChI is InChI=1S/C16H28N4/c1-11(2)14-15(17-4)19-10-20-16(14)18-9-13-7-5-6-12(3)8-13/h10-13H,5-9H2,1-4H3,(H2,17,18,19,20).